The monoisotopic (exact) mass is 345 g/mol. The smallest absolute Gasteiger partial charge is 0.255 e. The van der Waals surface area contributed by atoms with Crippen molar-refractivity contribution in [1.29, 1.82) is 0 Å². The summed E-state index contributed by atoms with van der Waals surface area (Å²) in [7, 11) is 0. The number of rotatable bonds is 7. The number of carbonyl (C=O) groups is 1. The van der Waals surface area contributed by atoms with Gasteiger partial charge in [0.1, 0.15) is 5.75 Å². The lowest BCUT2D eigenvalue weighted by molar-refractivity contribution is 0.102. The van der Waals surface area contributed by atoms with Crippen molar-refractivity contribution in [2.45, 2.75) is 19.8 Å². The number of anilines is 1. The molecule has 0 radical (unpaired) electrons. The third-order valence-corrected chi connectivity index (χ3v) is 4.13. The Hall–Kier alpha value is -3.07. The lowest BCUT2D eigenvalue weighted by Crippen LogP contribution is -2.13. The van der Waals surface area contributed by atoms with Crippen LogP contribution >= 0.6 is 0 Å². The second-order valence-electron chi connectivity index (χ2n) is 6.26. The van der Waals surface area contributed by atoms with Gasteiger partial charge in [0.2, 0.25) is 0 Å². The fraction of sp³-hybridized carbons (Fsp3) is 0.174. The molecule has 0 spiro atoms. The maximum atomic E-state index is 12.5. The van der Waals surface area contributed by atoms with Crippen LogP contribution in [0.25, 0.3) is 0 Å². The molecule has 0 aliphatic carbocycles. The van der Waals surface area contributed by atoms with Crippen LogP contribution in [0.4, 0.5) is 5.69 Å². The van der Waals surface area contributed by atoms with Crippen LogP contribution in [-0.2, 0) is 6.42 Å². The van der Waals surface area contributed by atoms with Crippen LogP contribution in [0.15, 0.2) is 78.9 Å². The number of benzene rings is 3. The molecular weight excluding hydrogens is 322 g/mol. The Labute approximate surface area is 154 Å². The molecule has 3 nitrogen and oxygen atoms in total. The van der Waals surface area contributed by atoms with Gasteiger partial charge in [-0.15, -0.1) is 0 Å². The minimum Gasteiger partial charge on any atom is -0.491 e. The molecule has 26 heavy (non-hydrogen) atoms. The molecule has 3 heteroatoms. The Morgan fingerprint density at radius 3 is 2.50 bits per heavy atom. The van der Waals surface area contributed by atoms with Crippen LogP contribution in [0.3, 0.4) is 0 Å². The molecule has 1 N–H and O–H groups in total. The molecule has 0 bridgehead atoms. The molecule has 3 aromatic rings. The van der Waals surface area contributed by atoms with Crippen LogP contribution in [0.5, 0.6) is 5.75 Å². The zero-order valence-electron chi connectivity index (χ0n) is 14.9. The first kappa shape index (κ1) is 17.7. The summed E-state index contributed by atoms with van der Waals surface area (Å²) in [6.07, 6.45) is 1.89. The van der Waals surface area contributed by atoms with Crippen LogP contribution < -0.4 is 10.1 Å². The van der Waals surface area contributed by atoms with Crippen molar-refractivity contribution in [3.05, 3.63) is 95.6 Å². The number of ether oxygens (including phenoxy) is 1. The van der Waals surface area contributed by atoms with E-state index < -0.39 is 0 Å². The van der Waals surface area contributed by atoms with Gasteiger partial charge in [0.25, 0.3) is 5.91 Å². The molecule has 1 amide bonds. The van der Waals surface area contributed by atoms with E-state index in [1.54, 1.807) is 0 Å². The SMILES string of the molecule is Cc1cccc(C(=O)Nc2ccccc2OCCCc2ccccc2)c1. The van der Waals surface area contributed by atoms with Gasteiger partial charge in [-0.1, -0.05) is 60.2 Å². The Bertz CT molecular complexity index is 859. The van der Waals surface area contributed by atoms with E-state index in [-0.39, 0.29) is 5.91 Å². The normalized spacial score (nSPS) is 10.3. The van der Waals surface area contributed by atoms with Gasteiger partial charge in [0, 0.05) is 5.56 Å². The van der Waals surface area contributed by atoms with Crippen LogP contribution in [0, 0.1) is 6.92 Å². The van der Waals surface area contributed by atoms with Gasteiger partial charge < -0.3 is 10.1 Å². The van der Waals surface area contributed by atoms with Crippen LogP contribution in [-0.4, -0.2) is 12.5 Å². The summed E-state index contributed by atoms with van der Waals surface area (Å²) < 4.78 is 5.90. The second kappa shape index (κ2) is 8.86. The summed E-state index contributed by atoms with van der Waals surface area (Å²) in [4.78, 5) is 12.5. The van der Waals surface area contributed by atoms with Gasteiger partial charge in [-0.05, 0) is 49.6 Å². The third-order valence-electron chi connectivity index (χ3n) is 4.13. The fourth-order valence-corrected chi connectivity index (χ4v) is 2.78. The predicted molar refractivity (Wildman–Crippen MR) is 106 cm³/mol. The highest BCUT2D eigenvalue weighted by molar-refractivity contribution is 6.05. The zero-order valence-corrected chi connectivity index (χ0v) is 14.9. The molecule has 3 rings (SSSR count). The summed E-state index contributed by atoms with van der Waals surface area (Å²) in [6, 6.07) is 25.4. The molecule has 0 unspecified atom stereocenters. The van der Waals surface area contributed by atoms with E-state index in [4.69, 9.17) is 4.74 Å². The highest BCUT2D eigenvalue weighted by Crippen LogP contribution is 2.24. The second-order valence-corrected chi connectivity index (χ2v) is 6.26. The van der Waals surface area contributed by atoms with Gasteiger partial charge in [0.05, 0.1) is 12.3 Å². The molecule has 3 aromatic carbocycles. The number of para-hydroxylation sites is 2. The highest BCUT2D eigenvalue weighted by Gasteiger charge is 2.09. The fourth-order valence-electron chi connectivity index (χ4n) is 2.78. The minimum atomic E-state index is -0.131. The van der Waals surface area contributed by atoms with Crippen molar-refractivity contribution < 1.29 is 9.53 Å². The van der Waals surface area contributed by atoms with E-state index in [0.29, 0.717) is 23.6 Å². The van der Waals surface area contributed by atoms with Crippen molar-refractivity contribution in [1.82, 2.24) is 0 Å². The molecule has 132 valence electrons. The Morgan fingerprint density at radius 1 is 0.923 bits per heavy atom. The van der Waals surface area contributed by atoms with Gasteiger partial charge in [-0.3, -0.25) is 4.79 Å². The third kappa shape index (κ3) is 4.96. The van der Waals surface area contributed by atoms with Crippen molar-refractivity contribution in [3.63, 3.8) is 0 Å². The summed E-state index contributed by atoms with van der Waals surface area (Å²) >= 11 is 0. The average molecular weight is 345 g/mol. The lowest BCUT2D eigenvalue weighted by Gasteiger charge is -2.13. The molecule has 0 heterocycles. The first-order valence-corrected chi connectivity index (χ1v) is 8.86. The van der Waals surface area contributed by atoms with E-state index in [2.05, 4.69) is 17.4 Å². The first-order chi connectivity index (χ1) is 12.7. The van der Waals surface area contributed by atoms with Gasteiger partial charge >= 0.3 is 0 Å². The molecule has 0 aromatic heterocycles. The Morgan fingerprint density at radius 2 is 1.69 bits per heavy atom. The van der Waals surface area contributed by atoms with Gasteiger partial charge in [-0.25, -0.2) is 0 Å². The number of hydrogen-bond acceptors (Lipinski definition) is 2. The van der Waals surface area contributed by atoms with Gasteiger partial charge in [-0.2, -0.15) is 0 Å². The quantitative estimate of drug-likeness (QED) is 0.593. The lowest BCUT2D eigenvalue weighted by atomic mass is 10.1. The molecule has 0 aliphatic heterocycles. The summed E-state index contributed by atoms with van der Waals surface area (Å²) in [5.74, 6) is 0.565. The van der Waals surface area contributed by atoms with Crippen LogP contribution in [0.1, 0.15) is 27.9 Å². The van der Waals surface area contributed by atoms with E-state index >= 15 is 0 Å². The zero-order chi connectivity index (χ0) is 18.2. The van der Waals surface area contributed by atoms with Crippen molar-refractivity contribution >= 4 is 11.6 Å². The molecule has 0 fully saturated rings. The van der Waals surface area contributed by atoms with E-state index in [0.717, 1.165) is 18.4 Å². The maximum Gasteiger partial charge on any atom is 0.255 e. The highest BCUT2D eigenvalue weighted by atomic mass is 16.5. The maximum absolute atomic E-state index is 12.5. The van der Waals surface area contributed by atoms with E-state index in [9.17, 15) is 4.79 Å². The summed E-state index contributed by atoms with van der Waals surface area (Å²) in [6.45, 7) is 2.58. The van der Waals surface area contributed by atoms with Crippen molar-refractivity contribution in [3.8, 4) is 5.75 Å². The van der Waals surface area contributed by atoms with Gasteiger partial charge in [0.15, 0.2) is 0 Å². The molecule has 0 saturated carbocycles. The predicted octanol–water partition coefficient (Wildman–Crippen LogP) is 5.26. The molecule has 0 atom stereocenters. The summed E-state index contributed by atoms with van der Waals surface area (Å²) in [5.41, 5.74) is 3.70. The number of carbonyl (C=O) groups excluding carboxylic acids is 1. The largest absolute Gasteiger partial charge is 0.491 e. The number of aryl methyl sites for hydroxylation is 2. The standard InChI is InChI=1S/C23H23NO2/c1-18-9-7-13-20(17-18)23(25)24-21-14-5-6-15-22(21)26-16-8-12-19-10-3-2-4-11-19/h2-7,9-11,13-15,17H,8,12,16H2,1H3,(H,24,25). The van der Waals surface area contributed by atoms with Crippen LogP contribution in [0.2, 0.25) is 0 Å². The minimum absolute atomic E-state index is 0.131. The first-order valence-electron chi connectivity index (χ1n) is 8.86. The topological polar surface area (TPSA) is 38.3 Å². The molecule has 0 saturated heterocycles. The molecular formula is C23H23NO2. The van der Waals surface area contributed by atoms with E-state index in [1.807, 2.05) is 73.7 Å². The summed E-state index contributed by atoms with van der Waals surface area (Å²) in [5, 5.41) is 2.95. The Balaban J connectivity index is 1.58. The molecule has 0 aliphatic rings. The van der Waals surface area contributed by atoms with Crippen molar-refractivity contribution in [2.75, 3.05) is 11.9 Å². The number of hydrogen-bond donors (Lipinski definition) is 1. The number of amides is 1. The number of nitrogens with one attached hydrogen (secondary N) is 1. The Kier molecular flexibility index (Phi) is 6.05. The van der Waals surface area contributed by atoms with Crippen molar-refractivity contribution in [2.24, 2.45) is 0 Å². The average Bonchev–Trinajstić information content (AvgIpc) is 2.67. The van der Waals surface area contributed by atoms with E-state index in [1.165, 1.54) is 5.56 Å².